The Hall–Kier alpha value is -0.160. The lowest BCUT2D eigenvalue weighted by atomic mass is 9.85. The van der Waals surface area contributed by atoms with Crippen molar-refractivity contribution in [3.63, 3.8) is 0 Å². The molecule has 0 amide bonds. The molecule has 3 nitrogen and oxygen atoms in total. The minimum atomic E-state index is -0.182. The molecule has 17 heavy (non-hydrogen) atoms. The van der Waals surface area contributed by atoms with Crippen molar-refractivity contribution >= 4 is 23.7 Å². The molecule has 1 aromatic heterocycles. The molecule has 0 aliphatic heterocycles. The van der Waals surface area contributed by atoms with Crippen molar-refractivity contribution in [2.24, 2.45) is 5.92 Å². The fourth-order valence-electron chi connectivity index (χ4n) is 2.36. The third kappa shape index (κ3) is 4.92. The smallest absolute Gasteiger partial charge is 0.0795 e. The second-order valence-electron chi connectivity index (χ2n) is 4.58. The molecule has 1 saturated carbocycles. The van der Waals surface area contributed by atoms with E-state index in [1.165, 1.54) is 32.1 Å². The maximum absolute atomic E-state index is 10.0. The molecule has 1 atom stereocenters. The maximum atomic E-state index is 10.0. The first-order chi connectivity index (χ1) is 7.86. The van der Waals surface area contributed by atoms with Gasteiger partial charge < -0.3 is 10.4 Å². The molecule has 1 aromatic rings. The summed E-state index contributed by atoms with van der Waals surface area (Å²) in [4.78, 5) is 4.20. The van der Waals surface area contributed by atoms with E-state index in [1.54, 1.807) is 11.3 Å². The number of aromatic nitrogens is 1. The van der Waals surface area contributed by atoms with Gasteiger partial charge >= 0.3 is 0 Å². The average Bonchev–Trinajstić information content (AvgIpc) is 2.83. The third-order valence-electron chi connectivity index (χ3n) is 3.34. The molecule has 0 saturated heterocycles. The lowest BCUT2D eigenvalue weighted by Gasteiger charge is -2.26. The largest absolute Gasteiger partial charge is 0.392 e. The van der Waals surface area contributed by atoms with Crippen molar-refractivity contribution in [3.05, 3.63) is 16.6 Å². The van der Waals surface area contributed by atoms with E-state index in [0.29, 0.717) is 12.5 Å². The molecule has 98 valence electrons. The van der Waals surface area contributed by atoms with Crippen molar-refractivity contribution in [2.75, 3.05) is 6.54 Å². The van der Waals surface area contributed by atoms with Crippen LogP contribution in [0.1, 0.15) is 37.8 Å². The Kier molecular flexibility index (Phi) is 7.04. The van der Waals surface area contributed by atoms with Crippen LogP contribution in [0.25, 0.3) is 0 Å². The molecule has 1 fully saturated rings. The molecule has 0 radical (unpaired) electrons. The van der Waals surface area contributed by atoms with Crippen LogP contribution in [0, 0.1) is 5.92 Å². The Labute approximate surface area is 113 Å². The molecular weight excluding hydrogens is 256 g/mol. The number of nitrogens with zero attached hydrogens (tertiary/aromatic N) is 1. The number of hydrogen-bond acceptors (Lipinski definition) is 4. The van der Waals surface area contributed by atoms with Gasteiger partial charge in [-0.1, -0.05) is 19.3 Å². The van der Waals surface area contributed by atoms with Crippen LogP contribution in [0.2, 0.25) is 0 Å². The summed E-state index contributed by atoms with van der Waals surface area (Å²) in [6.07, 6.45) is 6.12. The third-order valence-corrected chi connectivity index (χ3v) is 3.97. The first-order valence-electron chi connectivity index (χ1n) is 6.12. The van der Waals surface area contributed by atoms with Gasteiger partial charge in [-0.05, 0) is 18.8 Å². The van der Waals surface area contributed by atoms with Gasteiger partial charge in [-0.3, -0.25) is 0 Å². The Bertz CT molecular complexity index is 289. The predicted molar refractivity (Wildman–Crippen MR) is 73.7 cm³/mol. The molecule has 2 rings (SSSR count). The highest BCUT2D eigenvalue weighted by Gasteiger charge is 2.20. The van der Waals surface area contributed by atoms with Crippen LogP contribution < -0.4 is 5.32 Å². The van der Waals surface area contributed by atoms with Gasteiger partial charge in [-0.15, -0.1) is 23.7 Å². The van der Waals surface area contributed by atoms with Crippen molar-refractivity contribution in [1.82, 2.24) is 10.3 Å². The number of hydrogen-bond donors (Lipinski definition) is 2. The predicted octanol–water partition coefficient (Wildman–Crippen LogP) is 2.60. The Morgan fingerprint density at radius 3 is 2.82 bits per heavy atom. The quantitative estimate of drug-likeness (QED) is 0.869. The van der Waals surface area contributed by atoms with Gasteiger partial charge in [0.1, 0.15) is 0 Å². The number of thiazole rings is 1. The normalized spacial score (nSPS) is 18.6. The van der Waals surface area contributed by atoms with E-state index in [1.807, 2.05) is 10.9 Å². The second kappa shape index (κ2) is 8.03. The molecule has 2 N–H and O–H groups in total. The molecular formula is C12H21ClN2OS. The Balaban J connectivity index is 0.00000144. The van der Waals surface area contributed by atoms with E-state index in [9.17, 15) is 5.11 Å². The monoisotopic (exact) mass is 276 g/mol. The molecule has 1 heterocycles. The van der Waals surface area contributed by atoms with Crippen LogP contribution in [0.3, 0.4) is 0 Å². The van der Waals surface area contributed by atoms with E-state index in [2.05, 4.69) is 10.3 Å². The Morgan fingerprint density at radius 1 is 1.41 bits per heavy atom. The lowest BCUT2D eigenvalue weighted by Crippen LogP contribution is -2.33. The minimum absolute atomic E-state index is 0. The highest BCUT2D eigenvalue weighted by Crippen LogP contribution is 2.26. The van der Waals surface area contributed by atoms with E-state index >= 15 is 0 Å². The summed E-state index contributed by atoms with van der Waals surface area (Å²) in [5, 5.41) is 15.3. The highest BCUT2D eigenvalue weighted by molar-refractivity contribution is 7.07. The number of halogens is 1. The zero-order valence-corrected chi connectivity index (χ0v) is 11.6. The van der Waals surface area contributed by atoms with Gasteiger partial charge in [0.15, 0.2) is 0 Å². The fraction of sp³-hybridized carbons (Fsp3) is 0.750. The van der Waals surface area contributed by atoms with Gasteiger partial charge in [0, 0.05) is 18.5 Å². The molecule has 0 bridgehead atoms. The molecule has 1 aliphatic rings. The summed E-state index contributed by atoms with van der Waals surface area (Å²) in [6, 6.07) is 0. The first kappa shape index (κ1) is 14.9. The van der Waals surface area contributed by atoms with Crippen molar-refractivity contribution in [1.29, 1.82) is 0 Å². The van der Waals surface area contributed by atoms with Gasteiger partial charge in [-0.2, -0.15) is 0 Å². The van der Waals surface area contributed by atoms with Crippen LogP contribution in [-0.4, -0.2) is 22.7 Å². The average molecular weight is 277 g/mol. The van der Waals surface area contributed by atoms with Gasteiger partial charge in [0.05, 0.1) is 17.3 Å². The summed E-state index contributed by atoms with van der Waals surface area (Å²) in [5.41, 5.74) is 2.91. The lowest BCUT2D eigenvalue weighted by molar-refractivity contribution is 0.0838. The SMILES string of the molecule is Cl.OC(CNCc1cscn1)C1CCCCC1. The Morgan fingerprint density at radius 2 is 2.18 bits per heavy atom. The summed E-state index contributed by atoms with van der Waals surface area (Å²) in [7, 11) is 0. The topological polar surface area (TPSA) is 45.1 Å². The van der Waals surface area contributed by atoms with Gasteiger partial charge in [0.2, 0.25) is 0 Å². The fourth-order valence-corrected chi connectivity index (χ4v) is 2.92. The van der Waals surface area contributed by atoms with Crippen LogP contribution in [-0.2, 0) is 6.54 Å². The number of nitrogens with one attached hydrogen (secondary N) is 1. The maximum Gasteiger partial charge on any atom is 0.0795 e. The van der Waals surface area contributed by atoms with Crippen molar-refractivity contribution in [2.45, 2.75) is 44.8 Å². The van der Waals surface area contributed by atoms with E-state index in [-0.39, 0.29) is 18.5 Å². The highest BCUT2D eigenvalue weighted by atomic mass is 35.5. The van der Waals surface area contributed by atoms with E-state index < -0.39 is 0 Å². The molecule has 5 heteroatoms. The minimum Gasteiger partial charge on any atom is -0.392 e. The van der Waals surface area contributed by atoms with E-state index in [0.717, 1.165) is 12.2 Å². The van der Waals surface area contributed by atoms with Crippen molar-refractivity contribution in [3.8, 4) is 0 Å². The number of aliphatic hydroxyl groups excluding tert-OH is 1. The molecule has 0 aromatic carbocycles. The first-order valence-corrected chi connectivity index (χ1v) is 7.06. The number of aliphatic hydroxyl groups is 1. The van der Waals surface area contributed by atoms with Gasteiger partial charge in [-0.25, -0.2) is 4.98 Å². The zero-order valence-electron chi connectivity index (χ0n) is 9.97. The van der Waals surface area contributed by atoms with E-state index in [4.69, 9.17) is 0 Å². The molecule has 1 aliphatic carbocycles. The summed E-state index contributed by atoms with van der Waals surface area (Å²) in [6.45, 7) is 1.47. The van der Waals surface area contributed by atoms with Crippen LogP contribution in [0.15, 0.2) is 10.9 Å². The molecule has 1 unspecified atom stereocenters. The van der Waals surface area contributed by atoms with Crippen LogP contribution >= 0.6 is 23.7 Å². The zero-order chi connectivity index (χ0) is 11.2. The second-order valence-corrected chi connectivity index (χ2v) is 5.29. The van der Waals surface area contributed by atoms with Crippen molar-refractivity contribution < 1.29 is 5.11 Å². The van der Waals surface area contributed by atoms with Gasteiger partial charge in [0.25, 0.3) is 0 Å². The number of rotatable bonds is 5. The summed E-state index contributed by atoms with van der Waals surface area (Å²) < 4.78 is 0. The molecule has 0 spiro atoms. The summed E-state index contributed by atoms with van der Waals surface area (Å²) in [5.74, 6) is 0.511. The standard InChI is InChI=1S/C12H20N2OS.ClH/c15-12(10-4-2-1-3-5-10)7-13-6-11-8-16-9-14-11;/h8-10,12-13,15H,1-7H2;1H. The summed E-state index contributed by atoms with van der Waals surface area (Å²) >= 11 is 1.61. The van der Waals surface area contributed by atoms with Crippen LogP contribution in [0.4, 0.5) is 0 Å². The van der Waals surface area contributed by atoms with Crippen LogP contribution in [0.5, 0.6) is 0 Å².